The number of pyridine rings is 1. The number of fused-ring (bicyclic) bond motifs is 2. The maximum absolute atomic E-state index is 8.50. The number of thiophene rings is 1. The molecule has 1 aliphatic heterocycles. The van der Waals surface area contributed by atoms with E-state index in [9.17, 15) is 0 Å². The number of nitrogens with one attached hydrogen (secondary N) is 1. The Morgan fingerprint density at radius 2 is 2.00 bits per heavy atom. The standard InChI is InChI=1S/C24H25N3O3S/c1-15-13-27(14-16(2)29-15)6-7-28-18-3-4-22-19(9-18)20(25)10-23(30-22)21-11-24-17(12-26-21)5-8-31-24/h3-5,8-12,15-16,25H,6-7,13-14H2,1-2H3/t15-,16?/m1/s1. The molecule has 3 aromatic heterocycles. The highest BCUT2D eigenvalue weighted by Crippen LogP contribution is 2.27. The zero-order valence-electron chi connectivity index (χ0n) is 17.6. The summed E-state index contributed by atoms with van der Waals surface area (Å²) >= 11 is 1.67. The Balaban J connectivity index is 1.32. The third-order valence-electron chi connectivity index (χ3n) is 5.50. The first-order valence-corrected chi connectivity index (χ1v) is 11.4. The van der Waals surface area contributed by atoms with Gasteiger partial charge >= 0.3 is 0 Å². The van der Waals surface area contributed by atoms with Gasteiger partial charge < -0.3 is 13.9 Å². The lowest BCUT2D eigenvalue weighted by molar-refractivity contribution is -0.0699. The number of morpholine rings is 1. The summed E-state index contributed by atoms with van der Waals surface area (Å²) in [5.74, 6) is 1.34. The molecular formula is C24H25N3O3S. The molecule has 0 amide bonds. The first-order valence-electron chi connectivity index (χ1n) is 10.5. The number of hydrogen-bond acceptors (Lipinski definition) is 7. The Kier molecular flexibility index (Phi) is 5.48. The van der Waals surface area contributed by atoms with E-state index < -0.39 is 0 Å². The lowest BCUT2D eigenvalue weighted by atomic mass is 10.1. The maximum atomic E-state index is 8.50. The molecule has 160 valence electrons. The van der Waals surface area contributed by atoms with Crippen LogP contribution in [-0.4, -0.2) is 48.3 Å². The van der Waals surface area contributed by atoms with Gasteiger partial charge in [-0.2, -0.15) is 0 Å². The van der Waals surface area contributed by atoms with Crippen molar-refractivity contribution in [2.24, 2.45) is 0 Å². The normalized spacial score (nSPS) is 19.8. The minimum Gasteiger partial charge on any atom is -0.492 e. The lowest BCUT2D eigenvalue weighted by Gasteiger charge is -2.35. The molecule has 31 heavy (non-hydrogen) atoms. The van der Waals surface area contributed by atoms with E-state index in [2.05, 4.69) is 23.7 Å². The summed E-state index contributed by atoms with van der Waals surface area (Å²) in [7, 11) is 0. The molecule has 5 rings (SSSR count). The molecule has 1 N–H and O–H groups in total. The van der Waals surface area contributed by atoms with Crippen molar-refractivity contribution >= 4 is 32.4 Å². The van der Waals surface area contributed by atoms with Gasteiger partial charge in [0.05, 0.1) is 17.6 Å². The SMILES string of the molecule is CC1CN(CCOc2ccc3oc(-c4cc5sccc5cn4)cc(=N)c3c2)C[C@@H](C)O1. The maximum Gasteiger partial charge on any atom is 0.155 e. The summed E-state index contributed by atoms with van der Waals surface area (Å²) in [5, 5.41) is 12.8. The summed E-state index contributed by atoms with van der Waals surface area (Å²) in [6.07, 6.45) is 2.35. The summed E-state index contributed by atoms with van der Waals surface area (Å²) in [5.41, 5.74) is 1.39. The van der Waals surface area contributed by atoms with Crippen molar-refractivity contribution in [1.29, 1.82) is 5.41 Å². The second-order valence-corrected chi connectivity index (χ2v) is 9.02. The van der Waals surface area contributed by atoms with Gasteiger partial charge in [-0.25, -0.2) is 0 Å². The molecule has 1 unspecified atom stereocenters. The molecule has 1 aromatic carbocycles. The third-order valence-corrected chi connectivity index (χ3v) is 6.38. The molecule has 1 fully saturated rings. The molecule has 4 aromatic rings. The number of hydrogen-bond donors (Lipinski definition) is 1. The number of benzene rings is 1. The predicted molar refractivity (Wildman–Crippen MR) is 123 cm³/mol. The molecule has 0 aliphatic carbocycles. The van der Waals surface area contributed by atoms with E-state index in [-0.39, 0.29) is 12.2 Å². The van der Waals surface area contributed by atoms with Gasteiger partial charge in [0, 0.05) is 47.4 Å². The largest absolute Gasteiger partial charge is 0.492 e. The average molecular weight is 436 g/mol. The minimum atomic E-state index is 0.251. The van der Waals surface area contributed by atoms with Crippen molar-refractivity contribution in [3.8, 4) is 17.2 Å². The van der Waals surface area contributed by atoms with Crippen LogP contribution in [0.1, 0.15) is 13.8 Å². The smallest absolute Gasteiger partial charge is 0.155 e. The van der Waals surface area contributed by atoms with Gasteiger partial charge in [-0.05, 0) is 49.6 Å². The molecule has 0 radical (unpaired) electrons. The minimum absolute atomic E-state index is 0.251. The van der Waals surface area contributed by atoms with E-state index in [1.165, 1.54) is 0 Å². The quantitative estimate of drug-likeness (QED) is 0.493. The van der Waals surface area contributed by atoms with Crippen molar-refractivity contribution < 1.29 is 13.9 Å². The molecule has 2 atom stereocenters. The molecule has 7 heteroatoms. The van der Waals surface area contributed by atoms with Crippen LogP contribution >= 0.6 is 11.3 Å². The van der Waals surface area contributed by atoms with E-state index in [0.717, 1.165) is 46.6 Å². The van der Waals surface area contributed by atoms with Crippen molar-refractivity contribution in [2.75, 3.05) is 26.2 Å². The van der Waals surface area contributed by atoms with Crippen molar-refractivity contribution in [2.45, 2.75) is 26.1 Å². The highest BCUT2D eigenvalue weighted by molar-refractivity contribution is 7.17. The summed E-state index contributed by atoms with van der Waals surface area (Å²) < 4.78 is 19.0. The molecule has 6 nitrogen and oxygen atoms in total. The molecule has 0 spiro atoms. The highest BCUT2D eigenvalue weighted by Gasteiger charge is 2.21. The highest BCUT2D eigenvalue weighted by atomic mass is 32.1. The van der Waals surface area contributed by atoms with Crippen LogP contribution in [0.5, 0.6) is 5.75 Å². The fourth-order valence-electron chi connectivity index (χ4n) is 4.13. The first kappa shape index (κ1) is 20.2. The van der Waals surface area contributed by atoms with E-state index in [1.807, 2.05) is 41.9 Å². The van der Waals surface area contributed by atoms with E-state index in [0.29, 0.717) is 23.3 Å². The molecule has 4 heterocycles. The van der Waals surface area contributed by atoms with Crippen molar-refractivity contribution in [1.82, 2.24) is 9.88 Å². The predicted octanol–water partition coefficient (Wildman–Crippen LogP) is 4.68. The number of aromatic nitrogens is 1. The van der Waals surface area contributed by atoms with E-state index >= 15 is 0 Å². The van der Waals surface area contributed by atoms with Gasteiger partial charge in [-0.1, -0.05) is 0 Å². The van der Waals surface area contributed by atoms with Crippen LogP contribution in [0.4, 0.5) is 0 Å². The molecule has 0 saturated carbocycles. The van der Waals surface area contributed by atoms with Gasteiger partial charge in [0.25, 0.3) is 0 Å². The molecule has 1 aliphatic rings. The number of ether oxygens (including phenoxy) is 2. The monoisotopic (exact) mass is 435 g/mol. The van der Waals surface area contributed by atoms with Gasteiger partial charge in [0.15, 0.2) is 5.76 Å². The summed E-state index contributed by atoms with van der Waals surface area (Å²) in [6.45, 7) is 7.51. The number of nitrogens with zero attached hydrogens (tertiary/aromatic N) is 2. The van der Waals surface area contributed by atoms with Gasteiger partial charge in [0.2, 0.25) is 0 Å². The summed E-state index contributed by atoms with van der Waals surface area (Å²) in [4.78, 5) is 6.87. The van der Waals surface area contributed by atoms with Crippen LogP contribution in [0.15, 0.2) is 52.4 Å². The summed E-state index contributed by atoms with van der Waals surface area (Å²) in [6, 6.07) is 11.4. The topological polar surface area (TPSA) is 71.6 Å². The van der Waals surface area contributed by atoms with Crippen LogP contribution in [0.25, 0.3) is 32.5 Å². The Hall–Kier alpha value is -2.74. The lowest BCUT2D eigenvalue weighted by Crippen LogP contribution is -2.46. The molecule has 1 saturated heterocycles. The zero-order chi connectivity index (χ0) is 21.4. The fraction of sp³-hybridized carbons (Fsp3) is 0.333. The van der Waals surface area contributed by atoms with Crippen LogP contribution < -0.4 is 10.1 Å². The van der Waals surface area contributed by atoms with Crippen LogP contribution in [0, 0.1) is 5.41 Å². The van der Waals surface area contributed by atoms with Gasteiger partial charge in [-0.3, -0.25) is 15.3 Å². The third kappa shape index (κ3) is 4.35. The first-order chi connectivity index (χ1) is 15.0. The number of rotatable bonds is 5. The van der Waals surface area contributed by atoms with Crippen molar-refractivity contribution in [3.63, 3.8) is 0 Å². The van der Waals surface area contributed by atoms with Crippen LogP contribution in [0.2, 0.25) is 0 Å². The fourth-order valence-corrected chi connectivity index (χ4v) is 4.93. The van der Waals surface area contributed by atoms with E-state index in [1.54, 1.807) is 17.4 Å². The van der Waals surface area contributed by atoms with Crippen LogP contribution in [-0.2, 0) is 4.74 Å². The Labute approximate surface area is 184 Å². The second kappa shape index (κ2) is 8.42. The zero-order valence-corrected chi connectivity index (χ0v) is 18.4. The van der Waals surface area contributed by atoms with E-state index in [4.69, 9.17) is 19.3 Å². The molecule has 0 bridgehead atoms. The molecular weight excluding hydrogens is 410 g/mol. The Morgan fingerprint density at radius 3 is 2.84 bits per heavy atom. The van der Waals surface area contributed by atoms with Crippen molar-refractivity contribution in [3.05, 3.63) is 53.3 Å². The Bertz CT molecular complexity index is 1270. The van der Waals surface area contributed by atoms with Crippen LogP contribution in [0.3, 0.4) is 0 Å². The second-order valence-electron chi connectivity index (χ2n) is 8.08. The van der Waals surface area contributed by atoms with Gasteiger partial charge in [-0.15, -0.1) is 11.3 Å². The Morgan fingerprint density at radius 1 is 1.16 bits per heavy atom. The van der Waals surface area contributed by atoms with Gasteiger partial charge in [0.1, 0.15) is 23.6 Å². The average Bonchev–Trinajstić information content (AvgIpc) is 3.21.